The molecule has 0 bridgehead atoms. The lowest BCUT2D eigenvalue weighted by Gasteiger charge is -2.16. The van der Waals surface area contributed by atoms with Gasteiger partial charge in [0, 0.05) is 18.4 Å². The first-order valence-electron chi connectivity index (χ1n) is 6.26. The number of nitrogens with one attached hydrogen (secondary N) is 1. The number of nitrogens with zero attached hydrogens (tertiary/aromatic N) is 2. The van der Waals surface area contributed by atoms with E-state index in [0.29, 0.717) is 11.3 Å². The average molecular weight is 285 g/mol. The number of carboxylic acid groups (broad SMARTS) is 1. The summed E-state index contributed by atoms with van der Waals surface area (Å²) in [5.74, 6) is -2.18. The number of para-hydroxylation sites is 1. The van der Waals surface area contributed by atoms with Crippen LogP contribution in [0.15, 0.2) is 41.5 Å². The molecule has 1 atom stereocenters. The van der Waals surface area contributed by atoms with Crippen molar-refractivity contribution >= 4 is 17.6 Å². The van der Waals surface area contributed by atoms with E-state index in [-0.39, 0.29) is 12.2 Å². The van der Waals surface area contributed by atoms with E-state index in [0.717, 1.165) is 6.20 Å². The molecule has 1 aliphatic heterocycles. The third-order valence-corrected chi connectivity index (χ3v) is 3.40. The first kappa shape index (κ1) is 13.0. The topological polar surface area (TPSA) is 103 Å². The Morgan fingerprint density at radius 3 is 2.76 bits per heavy atom. The quantitative estimate of drug-likeness (QED) is 0.841. The Bertz CT molecular complexity index is 763. The highest BCUT2D eigenvalue weighted by atomic mass is 16.4. The molecular weight excluding hydrogens is 274 g/mol. The summed E-state index contributed by atoms with van der Waals surface area (Å²) in [6, 6.07) is 6.87. The summed E-state index contributed by atoms with van der Waals surface area (Å²) in [7, 11) is 0. The van der Waals surface area contributed by atoms with Gasteiger partial charge in [-0.15, -0.1) is 0 Å². The van der Waals surface area contributed by atoms with Crippen molar-refractivity contribution in [2.75, 3.05) is 11.4 Å². The largest absolute Gasteiger partial charge is 0.481 e. The number of fused-ring (bicyclic) bond motifs is 1. The molecule has 7 heteroatoms. The predicted octanol–water partition coefficient (Wildman–Crippen LogP) is 0.598. The van der Waals surface area contributed by atoms with Gasteiger partial charge in [0.1, 0.15) is 11.6 Å². The highest BCUT2D eigenvalue weighted by Gasteiger charge is 2.36. The summed E-state index contributed by atoms with van der Waals surface area (Å²) in [5.41, 5.74) is 0.818. The van der Waals surface area contributed by atoms with Crippen molar-refractivity contribution in [2.45, 2.75) is 5.92 Å². The Hall–Kier alpha value is -2.96. The molecular formula is C14H11N3O4. The number of rotatable bonds is 2. The minimum absolute atomic E-state index is 0.0499. The van der Waals surface area contributed by atoms with Gasteiger partial charge in [-0.2, -0.15) is 0 Å². The molecule has 0 saturated heterocycles. The zero-order chi connectivity index (χ0) is 15.0. The number of aromatic nitrogens is 2. The van der Waals surface area contributed by atoms with Crippen LogP contribution in [-0.4, -0.2) is 33.5 Å². The zero-order valence-electron chi connectivity index (χ0n) is 10.8. The molecule has 1 unspecified atom stereocenters. The zero-order valence-corrected chi connectivity index (χ0v) is 10.8. The summed E-state index contributed by atoms with van der Waals surface area (Å²) in [6.45, 7) is 0.0499. The first-order valence-corrected chi connectivity index (χ1v) is 6.26. The molecule has 2 heterocycles. The number of hydrogen-bond donors (Lipinski definition) is 2. The number of anilines is 1. The predicted molar refractivity (Wildman–Crippen MR) is 73.4 cm³/mol. The minimum Gasteiger partial charge on any atom is -0.481 e. The maximum Gasteiger partial charge on any atom is 0.312 e. The fourth-order valence-corrected chi connectivity index (χ4v) is 2.41. The number of carbonyl (C=O) groups excluding carboxylic acids is 1. The number of aromatic amines is 1. The molecule has 21 heavy (non-hydrogen) atoms. The first-order chi connectivity index (χ1) is 10.1. The van der Waals surface area contributed by atoms with Gasteiger partial charge in [0.2, 0.25) is 0 Å². The van der Waals surface area contributed by atoms with E-state index in [2.05, 4.69) is 9.97 Å². The van der Waals surface area contributed by atoms with Crippen LogP contribution in [0.3, 0.4) is 0 Å². The molecule has 1 amide bonds. The lowest BCUT2D eigenvalue weighted by atomic mass is 10.0. The lowest BCUT2D eigenvalue weighted by molar-refractivity contribution is -0.138. The van der Waals surface area contributed by atoms with Crippen LogP contribution in [0.25, 0.3) is 0 Å². The van der Waals surface area contributed by atoms with Crippen LogP contribution in [0.4, 0.5) is 5.69 Å². The fraction of sp³-hybridized carbons (Fsp3) is 0.143. The van der Waals surface area contributed by atoms with Crippen molar-refractivity contribution < 1.29 is 14.7 Å². The smallest absolute Gasteiger partial charge is 0.312 e. The maximum absolute atomic E-state index is 12.4. The number of aliphatic carboxylic acids is 1. The van der Waals surface area contributed by atoms with E-state index in [1.54, 1.807) is 24.3 Å². The number of hydrogen-bond acceptors (Lipinski definition) is 4. The van der Waals surface area contributed by atoms with Gasteiger partial charge >= 0.3 is 5.97 Å². The second kappa shape index (κ2) is 4.86. The van der Waals surface area contributed by atoms with E-state index in [1.165, 1.54) is 11.1 Å². The summed E-state index contributed by atoms with van der Waals surface area (Å²) in [4.78, 5) is 42.3. The molecule has 7 nitrogen and oxygen atoms in total. The molecule has 1 aromatic carbocycles. The summed E-state index contributed by atoms with van der Waals surface area (Å²) in [5, 5.41) is 9.27. The van der Waals surface area contributed by atoms with Gasteiger partial charge < -0.3 is 15.0 Å². The van der Waals surface area contributed by atoms with Crippen molar-refractivity contribution in [2.24, 2.45) is 0 Å². The molecule has 0 radical (unpaired) electrons. The number of benzene rings is 1. The van der Waals surface area contributed by atoms with E-state index < -0.39 is 23.4 Å². The molecule has 2 aromatic rings. The molecule has 1 aliphatic rings. The lowest BCUT2D eigenvalue weighted by Crippen LogP contribution is -2.32. The normalized spacial score (nSPS) is 16.6. The minimum atomic E-state index is -0.979. The molecule has 2 N–H and O–H groups in total. The van der Waals surface area contributed by atoms with Crippen molar-refractivity contribution in [1.82, 2.24) is 9.97 Å². The van der Waals surface area contributed by atoms with Crippen LogP contribution < -0.4 is 10.5 Å². The van der Waals surface area contributed by atoms with Crippen LogP contribution in [0, 0.1) is 0 Å². The molecule has 0 saturated carbocycles. The molecule has 0 spiro atoms. The molecule has 1 aromatic heterocycles. The Morgan fingerprint density at radius 1 is 1.33 bits per heavy atom. The van der Waals surface area contributed by atoms with Crippen molar-refractivity contribution in [3.05, 3.63) is 58.3 Å². The van der Waals surface area contributed by atoms with Crippen LogP contribution in [0.1, 0.15) is 22.0 Å². The highest BCUT2D eigenvalue weighted by Crippen LogP contribution is 2.36. The Labute approximate surface area is 118 Å². The Morgan fingerprint density at radius 2 is 2.10 bits per heavy atom. The van der Waals surface area contributed by atoms with Crippen molar-refractivity contribution in [3.8, 4) is 0 Å². The van der Waals surface area contributed by atoms with Crippen LogP contribution in [-0.2, 0) is 4.79 Å². The van der Waals surface area contributed by atoms with E-state index in [9.17, 15) is 19.5 Å². The number of H-pyrrole nitrogens is 1. The van der Waals surface area contributed by atoms with Crippen LogP contribution >= 0.6 is 0 Å². The molecule has 0 aliphatic carbocycles. The van der Waals surface area contributed by atoms with Gasteiger partial charge in [0.15, 0.2) is 0 Å². The highest BCUT2D eigenvalue weighted by molar-refractivity contribution is 6.07. The van der Waals surface area contributed by atoms with Gasteiger partial charge in [0.25, 0.3) is 11.5 Å². The fourth-order valence-electron chi connectivity index (χ4n) is 2.41. The van der Waals surface area contributed by atoms with Gasteiger partial charge in [-0.3, -0.25) is 14.4 Å². The standard InChI is InChI=1S/C14H11N3O4/c18-12-6-15-10(5-16-12)13(19)17-7-9(14(20)21)8-3-1-2-4-11(8)17/h1-6,9H,7H2,(H,16,18)(H,20,21). The van der Waals surface area contributed by atoms with Gasteiger partial charge in [-0.05, 0) is 11.6 Å². The number of carboxylic acids is 1. The van der Waals surface area contributed by atoms with Gasteiger partial charge in [0.05, 0.1) is 6.20 Å². The Kier molecular flexibility index (Phi) is 3.02. The number of carbonyl (C=O) groups is 2. The SMILES string of the molecule is O=C(O)C1CN(C(=O)c2c[nH]c(=O)cn2)c2ccccc21. The molecule has 0 fully saturated rings. The third-order valence-electron chi connectivity index (χ3n) is 3.40. The van der Waals surface area contributed by atoms with Crippen molar-refractivity contribution in [3.63, 3.8) is 0 Å². The Balaban J connectivity index is 2.00. The molecule has 106 valence electrons. The van der Waals surface area contributed by atoms with Crippen LogP contribution in [0.2, 0.25) is 0 Å². The summed E-state index contributed by atoms with van der Waals surface area (Å²) < 4.78 is 0. The second-order valence-electron chi connectivity index (χ2n) is 4.66. The monoisotopic (exact) mass is 285 g/mol. The van der Waals surface area contributed by atoms with Gasteiger partial charge in [-0.1, -0.05) is 18.2 Å². The van der Waals surface area contributed by atoms with E-state index >= 15 is 0 Å². The van der Waals surface area contributed by atoms with Crippen LogP contribution in [0.5, 0.6) is 0 Å². The summed E-state index contributed by atoms with van der Waals surface area (Å²) >= 11 is 0. The van der Waals surface area contributed by atoms with Gasteiger partial charge in [-0.25, -0.2) is 4.98 Å². The average Bonchev–Trinajstić information content (AvgIpc) is 2.87. The molecule has 3 rings (SSSR count). The second-order valence-corrected chi connectivity index (χ2v) is 4.66. The summed E-state index contributed by atoms with van der Waals surface area (Å²) in [6.07, 6.45) is 2.24. The number of amides is 1. The van der Waals surface area contributed by atoms with Crippen molar-refractivity contribution in [1.29, 1.82) is 0 Å². The third kappa shape index (κ3) is 2.18. The van der Waals surface area contributed by atoms with E-state index in [4.69, 9.17) is 0 Å². The maximum atomic E-state index is 12.4. The van der Waals surface area contributed by atoms with E-state index in [1.807, 2.05) is 0 Å².